The standard InChI is InChI=1S/C5H6ClN3O2/c1-3-5(9-11-8-3)7-4(10)2-6/h2H2,1H3,(H,7,9,10). The summed E-state index contributed by atoms with van der Waals surface area (Å²) in [7, 11) is 0. The maximum atomic E-state index is 10.7. The van der Waals surface area contributed by atoms with E-state index in [1.807, 2.05) is 0 Å². The maximum absolute atomic E-state index is 10.7. The fourth-order valence-corrected chi connectivity index (χ4v) is 0.577. The fraction of sp³-hybridized carbons (Fsp3) is 0.400. The smallest absolute Gasteiger partial charge is 0.240 e. The zero-order valence-corrected chi connectivity index (χ0v) is 6.55. The second-order valence-electron chi connectivity index (χ2n) is 1.88. The van der Waals surface area contributed by atoms with E-state index < -0.39 is 0 Å². The van der Waals surface area contributed by atoms with Crippen LogP contribution in [-0.2, 0) is 4.79 Å². The summed E-state index contributed by atoms with van der Waals surface area (Å²) in [5.74, 6) is -0.118. The van der Waals surface area contributed by atoms with Crippen molar-refractivity contribution in [1.82, 2.24) is 10.3 Å². The fourth-order valence-electron chi connectivity index (χ4n) is 0.511. The molecule has 1 aromatic rings. The predicted octanol–water partition coefficient (Wildman–Crippen LogP) is 0.555. The van der Waals surface area contributed by atoms with E-state index in [-0.39, 0.29) is 11.8 Å². The molecule has 1 N–H and O–H groups in total. The van der Waals surface area contributed by atoms with Crippen molar-refractivity contribution in [2.75, 3.05) is 11.2 Å². The molecule has 0 aromatic carbocycles. The van der Waals surface area contributed by atoms with Crippen molar-refractivity contribution in [2.45, 2.75) is 6.92 Å². The van der Waals surface area contributed by atoms with E-state index in [2.05, 4.69) is 20.3 Å². The van der Waals surface area contributed by atoms with Crippen molar-refractivity contribution < 1.29 is 9.42 Å². The summed E-state index contributed by atoms with van der Waals surface area (Å²) in [5.41, 5.74) is 0.531. The molecule has 0 spiro atoms. The Kier molecular flexibility index (Phi) is 2.43. The van der Waals surface area contributed by atoms with Crippen LogP contribution < -0.4 is 5.32 Å². The van der Waals surface area contributed by atoms with Gasteiger partial charge in [-0.1, -0.05) is 5.16 Å². The Morgan fingerprint density at radius 3 is 2.91 bits per heavy atom. The van der Waals surface area contributed by atoms with E-state index in [1.165, 1.54) is 0 Å². The van der Waals surface area contributed by atoms with Crippen molar-refractivity contribution in [2.24, 2.45) is 0 Å². The minimum absolute atomic E-state index is 0.105. The third-order valence-electron chi connectivity index (χ3n) is 1.03. The van der Waals surface area contributed by atoms with Crippen LogP contribution in [-0.4, -0.2) is 22.1 Å². The van der Waals surface area contributed by atoms with Crippen LogP contribution in [0.15, 0.2) is 4.63 Å². The normalized spacial score (nSPS) is 9.64. The maximum Gasteiger partial charge on any atom is 0.240 e. The first-order chi connectivity index (χ1) is 5.24. The highest BCUT2D eigenvalue weighted by atomic mass is 35.5. The summed E-state index contributed by atoms with van der Waals surface area (Å²) in [5, 5.41) is 9.29. The quantitative estimate of drug-likeness (QED) is 0.667. The topological polar surface area (TPSA) is 68.0 Å². The van der Waals surface area contributed by atoms with Crippen LogP contribution in [0.3, 0.4) is 0 Å². The molecule has 1 amide bonds. The van der Waals surface area contributed by atoms with Gasteiger partial charge in [-0.2, -0.15) is 0 Å². The lowest BCUT2D eigenvalue weighted by Gasteiger charge is -1.94. The third kappa shape index (κ3) is 1.91. The Hall–Kier alpha value is -1.10. The van der Waals surface area contributed by atoms with E-state index >= 15 is 0 Å². The summed E-state index contributed by atoms with van der Waals surface area (Å²) in [6.45, 7) is 1.67. The van der Waals surface area contributed by atoms with Crippen molar-refractivity contribution in [3.63, 3.8) is 0 Å². The number of anilines is 1. The molecule has 1 heterocycles. The Labute approximate surface area is 67.7 Å². The molecule has 0 aliphatic rings. The van der Waals surface area contributed by atoms with Crippen LogP contribution in [0, 0.1) is 6.92 Å². The summed E-state index contributed by atoms with van der Waals surface area (Å²) in [4.78, 5) is 10.7. The number of halogens is 1. The summed E-state index contributed by atoms with van der Waals surface area (Å²) < 4.78 is 4.33. The number of rotatable bonds is 2. The Bertz CT molecular complexity index is 260. The van der Waals surface area contributed by atoms with Crippen molar-refractivity contribution in [3.05, 3.63) is 5.69 Å². The first kappa shape index (κ1) is 8.00. The predicted molar refractivity (Wildman–Crippen MR) is 38.4 cm³/mol. The average Bonchev–Trinajstić information content (AvgIpc) is 2.37. The lowest BCUT2D eigenvalue weighted by atomic mass is 10.5. The molecule has 0 aliphatic carbocycles. The molecule has 0 unspecified atom stereocenters. The van der Waals surface area contributed by atoms with Gasteiger partial charge in [-0.25, -0.2) is 4.63 Å². The highest BCUT2D eigenvalue weighted by molar-refractivity contribution is 6.29. The SMILES string of the molecule is Cc1nonc1NC(=O)CCl. The number of hydrogen-bond donors (Lipinski definition) is 1. The number of carbonyl (C=O) groups excluding carboxylic acids is 1. The van der Waals surface area contributed by atoms with E-state index in [0.717, 1.165) is 0 Å². The van der Waals surface area contributed by atoms with Gasteiger partial charge in [0, 0.05) is 0 Å². The van der Waals surface area contributed by atoms with E-state index in [1.54, 1.807) is 6.92 Å². The van der Waals surface area contributed by atoms with Crippen molar-refractivity contribution >= 4 is 23.3 Å². The minimum atomic E-state index is -0.328. The Morgan fingerprint density at radius 2 is 2.45 bits per heavy atom. The van der Waals surface area contributed by atoms with E-state index in [9.17, 15) is 4.79 Å². The second-order valence-corrected chi connectivity index (χ2v) is 2.15. The molecule has 0 aliphatic heterocycles. The van der Waals surface area contributed by atoms with Gasteiger partial charge in [-0.05, 0) is 12.1 Å². The molecular formula is C5H6ClN3O2. The number of nitrogens with zero attached hydrogens (tertiary/aromatic N) is 2. The van der Waals surface area contributed by atoms with Crippen LogP contribution in [0.2, 0.25) is 0 Å². The van der Waals surface area contributed by atoms with Gasteiger partial charge in [0.1, 0.15) is 11.6 Å². The van der Waals surface area contributed by atoms with Gasteiger partial charge in [0.2, 0.25) is 5.91 Å². The zero-order valence-electron chi connectivity index (χ0n) is 5.80. The highest BCUT2D eigenvalue weighted by Crippen LogP contribution is 2.06. The van der Waals surface area contributed by atoms with Crippen LogP contribution in [0.1, 0.15) is 5.69 Å². The molecule has 60 valence electrons. The van der Waals surface area contributed by atoms with Crippen LogP contribution in [0.25, 0.3) is 0 Å². The summed E-state index contributed by atoms with van der Waals surface area (Å²) >= 11 is 5.23. The number of nitrogens with one attached hydrogen (secondary N) is 1. The monoisotopic (exact) mass is 175 g/mol. The van der Waals surface area contributed by atoms with Gasteiger partial charge in [-0.15, -0.1) is 11.6 Å². The third-order valence-corrected chi connectivity index (χ3v) is 1.27. The van der Waals surface area contributed by atoms with Gasteiger partial charge in [0.25, 0.3) is 0 Å². The highest BCUT2D eigenvalue weighted by Gasteiger charge is 2.07. The number of hydrogen-bond acceptors (Lipinski definition) is 4. The molecule has 0 fully saturated rings. The number of aryl methyl sites for hydroxylation is 1. The lowest BCUT2D eigenvalue weighted by molar-refractivity contribution is -0.114. The van der Waals surface area contributed by atoms with Crippen LogP contribution >= 0.6 is 11.6 Å². The van der Waals surface area contributed by atoms with Gasteiger partial charge >= 0.3 is 0 Å². The molecule has 0 saturated heterocycles. The molecule has 1 rings (SSSR count). The van der Waals surface area contributed by atoms with Gasteiger partial charge < -0.3 is 5.32 Å². The average molecular weight is 176 g/mol. The number of aromatic nitrogens is 2. The molecule has 0 atom stereocenters. The minimum Gasteiger partial charge on any atom is -0.305 e. The molecular weight excluding hydrogens is 170 g/mol. The van der Waals surface area contributed by atoms with E-state index in [0.29, 0.717) is 11.5 Å². The largest absolute Gasteiger partial charge is 0.305 e. The molecule has 1 aromatic heterocycles. The number of carbonyl (C=O) groups is 1. The first-order valence-electron chi connectivity index (χ1n) is 2.89. The van der Waals surface area contributed by atoms with Gasteiger partial charge in [-0.3, -0.25) is 4.79 Å². The second kappa shape index (κ2) is 3.34. The van der Waals surface area contributed by atoms with Gasteiger partial charge in [0.05, 0.1) is 0 Å². The first-order valence-corrected chi connectivity index (χ1v) is 3.42. The van der Waals surface area contributed by atoms with Crippen molar-refractivity contribution in [3.8, 4) is 0 Å². The van der Waals surface area contributed by atoms with Gasteiger partial charge in [0.15, 0.2) is 5.82 Å². The van der Waals surface area contributed by atoms with Crippen molar-refractivity contribution in [1.29, 1.82) is 0 Å². The molecule has 0 bridgehead atoms. The van der Waals surface area contributed by atoms with E-state index in [4.69, 9.17) is 11.6 Å². The number of alkyl halides is 1. The van der Waals surface area contributed by atoms with Crippen LogP contribution in [0.4, 0.5) is 5.82 Å². The summed E-state index contributed by atoms with van der Waals surface area (Å²) in [6, 6.07) is 0. The zero-order chi connectivity index (χ0) is 8.27. The Balaban J connectivity index is 2.64. The molecule has 0 saturated carbocycles. The van der Waals surface area contributed by atoms with Crippen LogP contribution in [0.5, 0.6) is 0 Å². The lowest BCUT2D eigenvalue weighted by Crippen LogP contribution is -2.13. The molecule has 6 heteroatoms. The Morgan fingerprint density at radius 1 is 1.73 bits per heavy atom. The summed E-state index contributed by atoms with van der Waals surface area (Å²) in [6.07, 6.45) is 0. The molecule has 5 nitrogen and oxygen atoms in total. The number of amides is 1. The molecule has 11 heavy (non-hydrogen) atoms. The molecule has 0 radical (unpaired) electrons.